The Morgan fingerprint density at radius 1 is 1.57 bits per heavy atom. The zero-order valence-corrected chi connectivity index (χ0v) is 8.45. The van der Waals surface area contributed by atoms with Gasteiger partial charge in [-0.25, -0.2) is 0 Å². The van der Waals surface area contributed by atoms with E-state index < -0.39 is 6.10 Å². The van der Waals surface area contributed by atoms with Crippen LogP contribution in [0.2, 0.25) is 0 Å². The van der Waals surface area contributed by atoms with E-state index in [1.165, 1.54) is 0 Å². The van der Waals surface area contributed by atoms with E-state index in [0.29, 0.717) is 5.56 Å². The summed E-state index contributed by atoms with van der Waals surface area (Å²) < 4.78 is 0. The highest BCUT2D eigenvalue weighted by Crippen LogP contribution is 2.06. The molecule has 0 spiro atoms. The van der Waals surface area contributed by atoms with Crippen molar-refractivity contribution in [2.45, 2.75) is 13.0 Å². The predicted molar refractivity (Wildman–Crippen MR) is 55.4 cm³/mol. The first kappa shape index (κ1) is 10.9. The summed E-state index contributed by atoms with van der Waals surface area (Å²) in [6, 6.07) is 7.23. The van der Waals surface area contributed by atoms with Crippen LogP contribution in [0.1, 0.15) is 15.9 Å². The summed E-state index contributed by atoms with van der Waals surface area (Å²) in [6.45, 7) is 2.20. The average Bonchev–Trinajstić information content (AvgIpc) is 2.17. The van der Waals surface area contributed by atoms with Crippen LogP contribution in [0, 0.1) is 6.92 Å². The molecular weight excluding hydrogens is 178 g/mol. The smallest absolute Gasteiger partial charge is 0.192 e. The van der Waals surface area contributed by atoms with Crippen molar-refractivity contribution in [3.05, 3.63) is 35.4 Å². The van der Waals surface area contributed by atoms with E-state index in [2.05, 4.69) is 5.32 Å². The maximum Gasteiger partial charge on any atom is 0.192 e. The number of aliphatic hydroxyl groups excluding tert-OH is 1. The van der Waals surface area contributed by atoms with Crippen molar-refractivity contribution >= 4 is 5.78 Å². The minimum absolute atomic E-state index is 0.233. The van der Waals surface area contributed by atoms with Crippen molar-refractivity contribution in [1.29, 1.82) is 0 Å². The Kier molecular flexibility index (Phi) is 3.80. The Balaban J connectivity index is 2.78. The second-order valence-electron chi connectivity index (χ2n) is 3.31. The zero-order chi connectivity index (χ0) is 10.6. The normalized spacial score (nSPS) is 12.5. The number of benzene rings is 1. The lowest BCUT2D eigenvalue weighted by Gasteiger charge is -2.08. The van der Waals surface area contributed by atoms with E-state index in [4.69, 9.17) is 0 Å². The molecule has 0 fully saturated rings. The summed E-state index contributed by atoms with van der Waals surface area (Å²) in [6.07, 6.45) is -0.957. The number of carbonyl (C=O) groups is 1. The van der Waals surface area contributed by atoms with Crippen molar-refractivity contribution in [2.75, 3.05) is 13.6 Å². The van der Waals surface area contributed by atoms with Crippen LogP contribution < -0.4 is 5.32 Å². The van der Waals surface area contributed by atoms with Crippen molar-refractivity contribution in [1.82, 2.24) is 5.32 Å². The van der Waals surface area contributed by atoms with Crippen LogP contribution in [0.25, 0.3) is 0 Å². The summed E-state index contributed by atoms with van der Waals surface area (Å²) in [7, 11) is 1.70. The number of rotatable bonds is 4. The molecule has 1 unspecified atom stereocenters. The third kappa shape index (κ3) is 2.65. The lowest BCUT2D eigenvalue weighted by Crippen LogP contribution is -2.31. The molecule has 0 heterocycles. The number of Topliss-reactive ketones (excluding diaryl/α,β-unsaturated/α-hetero) is 1. The van der Waals surface area contributed by atoms with Gasteiger partial charge in [-0.1, -0.05) is 23.8 Å². The Morgan fingerprint density at radius 3 is 2.86 bits per heavy atom. The Bertz CT molecular complexity index is 323. The van der Waals surface area contributed by atoms with Gasteiger partial charge in [0.15, 0.2) is 5.78 Å². The molecule has 0 saturated carbocycles. The van der Waals surface area contributed by atoms with Crippen LogP contribution in [0.15, 0.2) is 24.3 Å². The fraction of sp³-hybridized carbons (Fsp3) is 0.364. The van der Waals surface area contributed by atoms with Gasteiger partial charge in [-0.15, -0.1) is 0 Å². The van der Waals surface area contributed by atoms with Gasteiger partial charge in [0, 0.05) is 12.1 Å². The van der Waals surface area contributed by atoms with E-state index in [9.17, 15) is 9.90 Å². The van der Waals surface area contributed by atoms with Crippen LogP contribution in [-0.2, 0) is 0 Å². The van der Waals surface area contributed by atoms with Gasteiger partial charge >= 0.3 is 0 Å². The molecule has 1 rings (SSSR count). The van der Waals surface area contributed by atoms with Crippen molar-refractivity contribution < 1.29 is 9.90 Å². The molecule has 14 heavy (non-hydrogen) atoms. The van der Waals surface area contributed by atoms with Gasteiger partial charge in [-0.3, -0.25) is 4.79 Å². The van der Waals surface area contributed by atoms with Crippen LogP contribution >= 0.6 is 0 Å². The van der Waals surface area contributed by atoms with E-state index in [0.717, 1.165) is 5.56 Å². The first-order valence-electron chi connectivity index (χ1n) is 4.58. The fourth-order valence-electron chi connectivity index (χ4n) is 1.28. The SMILES string of the molecule is CNCC(O)C(=O)c1cccc(C)c1. The van der Waals surface area contributed by atoms with Crippen molar-refractivity contribution in [3.8, 4) is 0 Å². The highest BCUT2D eigenvalue weighted by Gasteiger charge is 2.15. The predicted octanol–water partition coefficient (Wildman–Crippen LogP) is 0.758. The van der Waals surface area contributed by atoms with Gasteiger partial charge in [-0.2, -0.15) is 0 Å². The van der Waals surface area contributed by atoms with E-state index in [1.54, 1.807) is 19.2 Å². The van der Waals surface area contributed by atoms with E-state index >= 15 is 0 Å². The molecule has 0 bridgehead atoms. The van der Waals surface area contributed by atoms with Gasteiger partial charge in [0.25, 0.3) is 0 Å². The molecule has 1 atom stereocenters. The molecule has 2 N–H and O–H groups in total. The molecule has 0 radical (unpaired) electrons. The largest absolute Gasteiger partial charge is 0.384 e. The van der Waals surface area contributed by atoms with Gasteiger partial charge < -0.3 is 10.4 Å². The number of likely N-dealkylation sites (N-methyl/N-ethyl adjacent to an activating group) is 1. The molecule has 3 heteroatoms. The summed E-state index contributed by atoms with van der Waals surface area (Å²) in [4.78, 5) is 11.6. The molecule has 0 aliphatic carbocycles. The number of hydrogen-bond acceptors (Lipinski definition) is 3. The molecule has 0 aliphatic rings. The second-order valence-corrected chi connectivity index (χ2v) is 3.31. The molecule has 0 saturated heterocycles. The number of aryl methyl sites for hydroxylation is 1. The quantitative estimate of drug-likeness (QED) is 0.694. The van der Waals surface area contributed by atoms with Crippen LogP contribution in [0.5, 0.6) is 0 Å². The molecule has 1 aromatic carbocycles. The van der Waals surface area contributed by atoms with E-state index in [-0.39, 0.29) is 12.3 Å². The molecular formula is C11H15NO2. The number of carbonyl (C=O) groups excluding carboxylic acids is 1. The molecule has 76 valence electrons. The standard InChI is InChI=1S/C11H15NO2/c1-8-4-3-5-9(6-8)11(14)10(13)7-12-2/h3-6,10,12-13H,7H2,1-2H3. The Labute approximate surface area is 83.8 Å². The van der Waals surface area contributed by atoms with Crippen molar-refractivity contribution in [2.24, 2.45) is 0 Å². The van der Waals surface area contributed by atoms with Gasteiger partial charge in [0.1, 0.15) is 6.10 Å². The van der Waals surface area contributed by atoms with Gasteiger partial charge in [0.05, 0.1) is 0 Å². The highest BCUT2D eigenvalue weighted by atomic mass is 16.3. The maximum absolute atomic E-state index is 11.6. The maximum atomic E-state index is 11.6. The lowest BCUT2D eigenvalue weighted by atomic mass is 10.0. The minimum atomic E-state index is -0.957. The third-order valence-electron chi connectivity index (χ3n) is 2.00. The van der Waals surface area contributed by atoms with Gasteiger partial charge in [-0.05, 0) is 20.0 Å². The summed E-state index contributed by atoms with van der Waals surface area (Å²) in [5.41, 5.74) is 1.58. The minimum Gasteiger partial charge on any atom is -0.384 e. The number of hydrogen-bond donors (Lipinski definition) is 2. The number of ketones is 1. The van der Waals surface area contributed by atoms with Crippen molar-refractivity contribution in [3.63, 3.8) is 0 Å². The topological polar surface area (TPSA) is 49.3 Å². The van der Waals surface area contributed by atoms with Crippen LogP contribution in [0.3, 0.4) is 0 Å². The molecule has 3 nitrogen and oxygen atoms in total. The molecule has 0 aliphatic heterocycles. The Morgan fingerprint density at radius 2 is 2.29 bits per heavy atom. The first-order chi connectivity index (χ1) is 6.65. The Hall–Kier alpha value is -1.19. The monoisotopic (exact) mass is 193 g/mol. The molecule has 1 aromatic rings. The third-order valence-corrected chi connectivity index (χ3v) is 2.00. The van der Waals surface area contributed by atoms with Crippen LogP contribution in [0.4, 0.5) is 0 Å². The van der Waals surface area contributed by atoms with Crippen LogP contribution in [-0.4, -0.2) is 30.6 Å². The highest BCUT2D eigenvalue weighted by molar-refractivity contribution is 5.99. The molecule has 0 aromatic heterocycles. The molecule has 0 amide bonds. The lowest BCUT2D eigenvalue weighted by molar-refractivity contribution is 0.0750. The summed E-state index contributed by atoms with van der Waals surface area (Å²) in [5.74, 6) is -0.233. The number of aliphatic hydroxyl groups is 1. The first-order valence-corrected chi connectivity index (χ1v) is 4.58. The zero-order valence-electron chi connectivity index (χ0n) is 8.45. The summed E-state index contributed by atoms with van der Waals surface area (Å²) >= 11 is 0. The second kappa shape index (κ2) is 4.88. The summed E-state index contributed by atoms with van der Waals surface area (Å²) in [5, 5.41) is 12.2. The number of nitrogens with one attached hydrogen (secondary N) is 1. The van der Waals surface area contributed by atoms with E-state index in [1.807, 2.05) is 19.1 Å². The van der Waals surface area contributed by atoms with Gasteiger partial charge in [0.2, 0.25) is 0 Å². The average molecular weight is 193 g/mol. The fourth-order valence-corrected chi connectivity index (χ4v) is 1.28.